The molecule has 7 heteroatoms. The second kappa shape index (κ2) is 9.31. The highest BCUT2D eigenvalue weighted by Crippen LogP contribution is 2.32. The zero-order valence-electron chi connectivity index (χ0n) is 17.7. The zero-order chi connectivity index (χ0) is 22.6. The van der Waals surface area contributed by atoms with Crippen LogP contribution in [0.4, 0.5) is 0 Å². The van der Waals surface area contributed by atoms with Gasteiger partial charge in [-0.3, -0.25) is 4.79 Å². The SMILES string of the molecule is CCOC(=O)/C(Cc1ccccc1)=C1/C=C(C)C(=O)N(S(=O)(=O)c2ccccc2)C1C. The summed E-state index contributed by atoms with van der Waals surface area (Å²) < 4.78 is 32.8. The Morgan fingerprint density at radius 1 is 1.03 bits per heavy atom. The van der Waals surface area contributed by atoms with Gasteiger partial charge < -0.3 is 4.74 Å². The third kappa shape index (κ3) is 4.61. The Kier molecular flexibility index (Phi) is 6.75. The topological polar surface area (TPSA) is 80.8 Å². The molecule has 1 heterocycles. The van der Waals surface area contributed by atoms with Crippen molar-refractivity contribution in [3.63, 3.8) is 0 Å². The largest absolute Gasteiger partial charge is 0.463 e. The van der Waals surface area contributed by atoms with Crippen molar-refractivity contribution in [1.29, 1.82) is 0 Å². The Hall–Kier alpha value is -3.19. The van der Waals surface area contributed by atoms with Crippen LogP contribution in [0.5, 0.6) is 0 Å². The van der Waals surface area contributed by atoms with Gasteiger partial charge in [0.1, 0.15) is 0 Å². The standard InChI is InChI=1S/C24H25NO5S/c1-4-30-24(27)22(16-19-11-7-5-8-12-19)21-15-17(2)23(26)25(18(21)3)31(28,29)20-13-9-6-10-14-20/h5-15,18H,4,16H2,1-3H3/b22-21-. The molecular weight excluding hydrogens is 414 g/mol. The summed E-state index contributed by atoms with van der Waals surface area (Å²) in [6, 6.07) is 16.3. The van der Waals surface area contributed by atoms with Crippen molar-refractivity contribution in [1.82, 2.24) is 4.31 Å². The Bertz CT molecular complexity index is 1140. The number of sulfonamides is 1. The van der Waals surface area contributed by atoms with E-state index in [1.54, 1.807) is 45.0 Å². The van der Waals surface area contributed by atoms with Crippen LogP contribution in [0.25, 0.3) is 0 Å². The van der Waals surface area contributed by atoms with Crippen LogP contribution in [-0.2, 0) is 30.8 Å². The van der Waals surface area contributed by atoms with Gasteiger partial charge in [-0.15, -0.1) is 0 Å². The number of hydrogen-bond acceptors (Lipinski definition) is 5. The quantitative estimate of drug-likeness (QED) is 0.507. The Morgan fingerprint density at radius 3 is 2.19 bits per heavy atom. The molecule has 1 unspecified atom stereocenters. The fraction of sp³-hybridized carbons (Fsp3) is 0.250. The lowest BCUT2D eigenvalue weighted by Crippen LogP contribution is -2.47. The molecule has 1 aliphatic heterocycles. The second-order valence-electron chi connectivity index (χ2n) is 7.24. The average Bonchev–Trinajstić information content (AvgIpc) is 2.76. The number of carbonyl (C=O) groups excluding carboxylic acids is 2. The molecule has 1 atom stereocenters. The minimum absolute atomic E-state index is 0.0185. The van der Waals surface area contributed by atoms with Gasteiger partial charge in [-0.2, -0.15) is 0 Å². The molecule has 0 fully saturated rings. The summed E-state index contributed by atoms with van der Waals surface area (Å²) in [6.07, 6.45) is 1.86. The van der Waals surface area contributed by atoms with Crippen LogP contribution in [-0.4, -0.2) is 37.2 Å². The minimum atomic E-state index is -4.11. The fourth-order valence-electron chi connectivity index (χ4n) is 3.56. The van der Waals surface area contributed by atoms with Crippen LogP contribution in [0.2, 0.25) is 0 Å². The fourth-order valence-corrected chi connectivity index (χ4v) is 5.18. The summed E-state index contributed by atoms with van der Waals surface area (Å²) in [7, 11) is -4.11. The summed E-state index contributed by atoms with van der Waals surface area (Å²) in [6.45, 7) is 5.06. The Morgan fingerprint density at radius 2 is 1.61 bits per heavy atom. The van der Waals surface area contributed by atoms with E-state index in [1.807, 2.05) is 30.3 Å². The van der Waals surface area contributed by atoms with Gasteiger partial charge in [0.2, 0.25) is 0 Å². The monoisotopic (exact) mass is 439 g/mol. The lowest BCUT2D eigenvalue weighted by molar-refractivity contribution is -0.138. The van der Waals surface area contributed by atoms with Crippen molar-refractivity contribution < 1.29 is 22.7 Å². The maximum atomic E-state index is 13.3. The smallest absolute Gasteiger partial charge is 0.334 e. The third-order valence-corrected chi connectivity index (χ3v) is 6.97. The summed E-state index contributed by atoms with van der Waals surface area (Å²) >= 11 is 0. The highest BCUT2D eigenvalue weighted by Gasteiger charge is 2.40. The molecular formula is C24H25NO5S. The normalized spacial score (nSPS) is 18.4. The van der Waals surface area contributed by atoms with Crippen molar-refractivity contribution in [3.8, 4) is 0 Å². The van der Waals surface area contributed by atoms with Crippen molar-refractivity contribution in [2.75, 3.05) is 6.61 Å². The van der Waals surface area contributed by atoms with Crippen LogP contribution < -0.4 is 0 Å². The molecule has 2 aromatic rings. The third-order valence-electron chi connectivity index (χ3n) is 5.11. The number of nitrogens with zero attached hydrogens (tertiary/aromatic N) is 1. The van der Waals surface area contributed by atoms with E-state index in [0.29, 0.717) is 11.1 Å². The van der Waals surface area contributed by atoms with Gasteiger partial charge in [0.15, 0.2) is 0 Å². The number of ether oxygens (including phenoxy) is 1. The number of rotatable bonds is 6. The molecule has 2 aromatic carbocycles. The lowest BCUT2D eigenvalue weighted by atomic mass is 9.92. The van der Waals surface area contributed by atoms with Gasteiger partial charge in [-0.1, -0.05) is 48.5 Å². The van der Waals surface area contributed by atoms with Crippen LogP contribution in [0.15, 0.2) is 88.4 Å². The van der Waals surface area contributed by atoms with Crippen LogP contribution in [0, 0.1) is 0 Å². The molecule has 0 radical (unpaired) electrons. The van der Waals surface area contributed by atoms with Crippen LogP contribution in [0.1, 0.15) is 26.3 Å². The van der Waals surface area contributed by atoms with Crippen molar-refractivity contribution in [3.05, 3.63) is 89.0 Å². The van der Waals surface area contributed by atoms with E-state index in [-0.39, 0.29) is 23.5 Å². The Labute approximate surface area is 182 Å². The van der Waals surface area contributed by atoms with E-state index in [9.17, 15) is 18.0 Å². The minimum Gasteiger partial charge on any atom is -0.463 e. The summed E-state index contributed by atoms with van der Waals surface area (Å²) in [4.78, 5) is 25.8. The predicted molar refractivity (Wildman–Crippen MR) is 117 cm³/mol. The number of esters is 1. The van der Waals surface area contributed by atoms with Gasteiger partial charge in [0, 0.05) is 17.6 Å². The molecule has 0 saturated heterocycles. The van der Waals surface area contributed by atoms with E-state index in [4.69, 9.17) is 4.74 Å². The van der Waals surface area contributed by atoms with Gasteiger partial charge >= 0.3 is 5.97 Å². The van der Waals surface area contributed by atoms with Crippen molar-refractivity contribution in [2.24, 2.45) is 0 Å². The van der Waals surface area contributed by atoms with E-state index in [2.05, 4.69) is 0 Å². The molecule has 0 saturated carbocycles. The van der Waals surface area contributed by atoms with Gasteiger partial charge in [0.05, 0.1) is 17.5 Å². The first-order valence-corrected chi connectivity index (χ1v) is 11.5. The summed E-state index contributed by atoms with van der Waals surface area (Å²) in [5.74, 6) is -1.13. The highest BCUT2D eigenvalue weighted by molar-refractivity contribution is 7.89. The van der Waals surface area contributed by atoms with E-state index in [0.717, 1.165) is 9.87 Å². The Balaban J connectivity index is 2.16. The van der Waals surface area contributed by atoms with E-state index >= 15 is 0 Å². The molecule has 0 aromatic heterocycles. The molecule has 3 rings (SSSR count). The summed E-state index contributed by atoms with van der Waals surface area (Å²) in [5, 5.41) is 0. The first kappa shape index (κ1) is 22.5. The molecule has 0 bridgehead atoms. The maximum absolute atomic E-state index is 13.3. The zero-order valence-corrected chi connectivity index (χ0v) is 18.6. The number of hydrogen-bond donors (Lipinski definition) is 0. The molecule has 0 aliphatic carbocycles. The molecule has 0 N–H and O–H groups in total. The second-order valence-corrected chi connectivity index (χ2v) is 9.05. The maximum Gasteiger partial charge on any atom is 0.334 e. The molecule has 31 heavy (non-hydrogen) atoms. The number of carbonyl (C=O) groups is 2. The number of amides is 1. The molecule has 1 amide bonds. The molecule has 0 spiro atoms. The van der Waals surface area contributed by atoms with Crippen molar-refractivity contribution >= 4 is 21.9 Å². The predicted octanol–water partition coefficient (Wildman–Crippen LogP) is 3.65. The summed E-state index contributed by atoms with van der Waals surface area (Å²) in [5.41, 5.74) is 1.91. The van der Waals surface area contributed by atoms with E-state index in [1.165, 1.54) is 12.1 Å². The van der Waals surface area contributed by atoms with Crippen LogP contribution >= 0.6 is 0 Å². The van der Waals surface area contributed by atoms with Gasteiger partial charge in [-0.25, -0.2) is 17.5 Å². The molecule has 1 aliphatic rings. The number of benzene rings is 2. The lowest BCUT2D eigenvalue weighted by Gasteiger charge is -2.34. The molecule has 6 nitrogen and oxygen atoms in total. The first-order chi connectivity index (χ1) is 14.8. The van der Waals surface area contributed by atoms with Crippen LogP contribution in [0.3, 0.4) is 0 Å². The van der Waals surface area contributed by atoms with Gasteiger partial charge in [0.25, 0.3) is 15.9 Å². The first-order valence-electron chi connectivity index (χ1n) is 10.0. The highest BCUT2D eigenvalue weighted by atomic mass is 32.2. The van der Waals surface area contributed by atoms with Gasteiger partial charge in [-0.05, 0) is 50.1 Å². The average molecular weight is 440 g/mol. The molecule has 162 valence electrons. The van der Waals surface area contributed by atoms with E-state index < -0.39 is 27.9 Å². The van der Waals surface area contributed by atoms with Crippen molar-refractivity contribution in [2.45, 2.75) is 38.1 Å².